The Morgan fingerprint density at radius 3 is 2.86 bits per heavy atom. The van der Waals surface area contributed by atoms with Crippen molar-refractivity contribution in [3.05, 3.63) is 51.8 Å². The zero-order valence-electron chi connectivity index (χ0n) is 11.6. The van der Waals surface area contributed by atoms with Gasteiger partial charge >= 0.3 is 5.97 Å². The third-order valence-electron chi connectivity index (χ3n) is 3.00. The van der Waals surface area contributed by atoms with E-state index in [2.05, 4.69) is 10.4 Å². The number of halogens is 2. The summed E-state index contributed by atoms with van der Waals surface area (Å²) in [5, 5.41) is 7.93. The van der Waals surface area contributed by atoms with Crippen LogP contribution < -0.4 is 5.32 Å². The minimum absolute atomic E-state index is 0.341. The predicted molar refractivity (Wildman–Crippen MR) is 81.3 cm³/mol. The van der Waals surface area contributed by atoms with Gasteiger partial charge in [-0.05, 0) is 6.07 Å². The Balaban J connectivity index is 2.22. The summed E-state index contributed by atoms with van der Waals surface area (Å²) in [5.74, 6) is -0.428. The number of methoxy groups -OCH3 is 1. The number of carbonyl (C=O) groups excluding carboxylic acids is 1. The maximum Gasteiger partial charge on any atom is 0.327 e. The van der Waals surface area contributed by atoms with E-state index in [9.17, 15) is 4.79 Å². The topological polar surface area (TPSA) is 56.1 Å². The number of nitrogens with one attached hydrogen (secondary N) is 1. The van der Waals surface area contributed by atoms with E-state index in [0.29, 0.717) is 22.2 Å². The molecule has 1 aromatic heterocycles. The lowest BCUT2D eigenvalue weighted by Crippen LogP contribution is -2.29. The first-order valence-corrected chi connectivity index (χ1v) is 7.01. The molecule has 0 unspecified atom stereocenters. The lowest BCUT2D eigenvalue weighted by molar-refractivity contribution is -0.143. The number of aryl methyl sites for hydroxylation is 1. The largest absolute Gasteiger partial charge is 0.468 e. The monoisotopic (exact) mass is 327 g/mol. The first-order chi connectivity index (χ1) is 10.0. The number of ether oxygens (including phenoxy) is 1. The number of rotatable bonds is 5. The smallest absolute Gasteiger partial charge is 0.327 e. The van der Waals surface area contributed by atoms with E-state index >= 15 is 0 Å². The van der Waals surface area contributed by atoms with Gasteiger partial charge in [0.05, 0.1) is 23.4 Å². The molecule has 112 valence electrons. The van der Waals surface area contributed by atoms with Crippen molar-refractivity contribution in [2.24, 2.45) is 7.05 Å². The molecule has 0 aliphatic carbocycles. The lowest BCUT2D eigenvalue weighted by Gasteiger charge is -2.18. The Hall–Kier alpha value is -1.56. The second kappa shape index (κ2) is 6.93. The number of hydrogen-bond acceptors (Lipinski definition) is 4. The van der Waals surface area contributed by atoms with E-state index in [4.69, 9.17) is 27.9 Å². The van der Waals surface area contributed by atoms with E-state index in [0.717, 1.165) is 5.56 Å². The molecule has 0 spiro atoms. The van der Waals surface area contributed by atoms with Gasteiger partial charge in [0, 0.05) is 30.9 Å². The van der Waals surface area contributed by atoms with Crippen LogP contribution in [0, 0.1) is 0 Å². The number of aromatic nitrogens is 2. The van der Waals surface area contributed by atoms with E-state index in [1.165, 1.54) is 7.11 Å². The van der Waals surface area contributed by atoms with E-state index < -0.39 is 12.0 Å². The van der Waals surface area contributed by atoms with Gasteiger partial charge < -0.3 is 4.74 Å². The Morgan fingerprint density at radius 2 is 2.24 bits per heavy atom. The van der Waals surface area contributed by atoms with Crippen molar-refractivity contribution < 1.29 is 9.53 Å². The third kappa shape index (κ3) is 3.75. The summed E-state index contributed by atoms with van der Waals surface area (Å²) in [6, 6.07) is 4.46. The highest BCUT2D eigenvalue weighted by molar-refractivity contribution is 6.42. The number of hydrogen-bond donors (Lipinski definition) is 1. The minimum Gasteiger partial charge on any atom is -0.468 e. The molecule has 0 radical (unpaired) electrons. The molecule has 21 heavy (non-hydrogen) atoms. The van der Waals surface area contributed by atoms with Crippen LogP contribution >= 0.6 is 23.2 Å². The summed E-state index contributed by atoms with van der Waals surface area (Å²) >= 11 is 12.2. The van der Waals surface area contributed by atoms with Crippen LogP contribution in [-0.4, -0.2) is 22.9 Å². The molecule has 1 N–H and O–H groups in total. The van der Waals surface area contributed by atoms with Crippen LogP contribution in [-0.2, 0) is 23.1 Å². The van der Waals surface area contributed by atoms with Crippen LogP contribution in [0.15, 0.2) is 30.6 Å². The summed E-state index contributed by atoms with van der Waals surface area (Å²) in [4.78, 5) is 12.0. The van der Waals surface area contributed by atoms with Crippen molar-refractivity contribution in [1.82, 2.24) is 15.1 Å². The van der Waals surface area contributed by atoms with Crippen LogP contribution in [0.1, 0.15) is 17.2 Å². The molecule has 0 aliphatic rings. The molecule has 5 nitrogen and oxygen atoms in total. The molecule has 1 atom stereocenters. The zero-order chi connectivity index (χ0) is 15.4. The second-order valence-electron chi connectivity index (χ2n) is 4.50. The molecule has 0 saturated carbocycles. The fraction of sp³-hybridized carbons (Fsp3) is 0.286. The van der Waals surface area contributed by atoms with Crippen LogP contribution in [0.2, 0.25) is 10.0 Å². The number of nitrogens with zero attached hydrogens (tertiary/aromatic N) is 2. The van der Waals surface area contributed by atoms with Gasteiger partial charge in [-0.3, -0.25) is 10.00 Å². The number of benzene rings is 1. The third-order valence-corrected chi connectivity index (χ3v) is 3.83. The highest BCUT2D eigenvalue weighted by atomic mass is 35.5. The summed E-state index contributed by atoms with van der Waals surface area (Å²) in [6.45, 7) is 0.455. The van der Waals surface area contributed by atoms with E-state index in [1.807, 2.05) is 13.2 Å². The standard InChI is InChI=1S/C14H15Cl2N3O2/c1-19-8-9(7-18-19)6-17-13(14(20)21-2)10-4-3-5-11(15)12(10)16/h3-5,7-8,13,17H,6H2,1-2H3/t13-/m1/s1. The quantitative estimate of drug-likeness (QED) is 0.858. The minimum atomic E-state index is -0.693. The van der Waals surface area contributed by atoms with Crippen molar-refractivity contribution in [3.8, 4) is 0 Å². The SMILES string of the molecule is COC(=O)[C@H](NCc1cnn(C)c1)c1cccc(Cl)c1Cl. The fourth-order valence-corrected chi connectivity index (χ4v) is 2.38. The van der Waals surface area contributed by atoms with Crippen molar-refractivity contribution in [3.63, 3.8) is 0 Å². The molecule has 0 saturated heterocycles. The molecule has 0 amide bonds. The highest BCUT2D eigenvalue weighted by Gasteiger charge is 2.24. The molecular weight excluding hydrogens is 313 g/mol. The molecule has 2 aromatic rings. The molecule has 7 heteroatoms. The Kier molecular flexibility index (Phi) is 5.22. The van der Waals surface area contributed by atoms with E-state index in [-0.39, 0.29) is 0 Å². The summed E-state index contributed by atoms with van der Waals surface area (Å²) in [6.07, 6.45) is 3.59. The normalized spacial score (nSPS) is 12.2. The van der Waals surface area contributed by atoms with Gasteiger partial charge in [0.1, 0.15) is 6.04 Å². The Labute approximate surface area is 132 Å². The van der Waals surface area contributed by atoms with Crippen molar-refractivity contribution in [2.75, 3.05) is 7.11 Å². The first-order valence-electron chi connectivity index (χ1n) is 6.25. The van der Waals surface area contributed by atoms with Gasteiger partial charge in [0.15, 0.2) is 0 Å². The predicted octanol–water partition coefficient (Wildman–Crippen LogP) is 2.73. The molecule has 1 aromatic carbocycles. The molecule has 0 bridgehead atoms. The number of esters is 1. The van der Waals surface area contributed by atoms with Gasteiger partial charge in [-0.2, -0.15) is 5.10 Å². The van der Waals surface area contributed by atoms with Crippen LogP contribution in [0.4, 0.5) is 0 Å². The first kappa shape index (κ1) is 15.8. The zero-order valence-corrected chi connectivity index (χ0v) is 13.1. The average molecular weight is 328 g/mol. The van der Waals surface area contributed by atoms with Crippen LogP contribution in [0.3, 0.4) is 0 Å². The van der Waals surface area contributed by atoms with Crippen molar-refractivity contribution in [2.45, 2.75) is 12.6 Å². The second-order valence-corrected chi connectivity index (χ2v) is 5.29. The maximum absolute atomic E-state index is 12.0. The van der Waals surface area contributed by atoms with Gasteiger partial charge in [0.2, 0.25) is 0 Å². The van der Waals surface area contributed by atoms with Gasteiger partial charge in [-0.25, -0.2) is 4.79 Å². The average Bonchev–Trinajstić information content (AvgIpc) is 2.88. The van der Waals surface area contributed by atoms with Crippen LogP contribution in [0.5, 0.6) is 0 Å². The van der Waals surface area contributed by atoms with Gasteiger partial charge in [-0.15, -0.1) is 0 Å². The summed E-state index contributed by atoms with van der Waals surface area (Å²) < 4.78 is 6.52. The molecular formula is C14H15Cl2N3O2. The Morgan fingerprint density at radius 1 is 1.48 bits per heavy atom. The van der Waals surface area contributed by atoms with Crippen LogP contribution in [0.25, 0.3) is 0 Å². The molecule has 0 fully saturated rings. The lowest BCUT2D eigenvalue weighted by atomic mass is 10.1. The fourth-order valence-electron chi connectivity index (χ4n) is 1.96. The maximum atomic E-state index is 12.0. The number of carbonyl (C=O) groups is 1. The molecule has 2 rings (SSSR count). The highest BCUT2D eigenvalue weighted by Crippen LogP contribution is 2.30. The molecule has 1 heterocycles. The van der Waals surface area contributed by atoms with Crippen molar-refractivity contribution in [1.29, 1.82) is 0 Å². The van der Waals surface area contributed by atoms with Gasteiger partial charge in [0.25, 0.3) is 0 Å². The summed E-state index contributed by atoms with van der Waals surface area (Å²) in [5.41, 5.74) is 1.53. The Bertz CT molecular complexity index is 643. The molecule has 0 aliphatic heterocycles. The van der Waals surface area contributed by atoms with E-state index in [1.54, 1.807) is 29.1 Å². The van der Waals surface area contributed by atoms with Crippen molar-refractivity contribution >= 4 is 29.2 Å². The van der Waals surface area contributed by atoms with Gasteiger partial charge in [-0.1, -0.05) is 35.3 Å². The summed E-state index contributed by atoms with van der Waals surface area (Å²) in [7, 11) is 3.16.